The highest BCUT2D eigenvalue weighted by atomic mass is 32.2. The summed E-state index contributed by atoms with van der Waals surface area (Å²) in [6.07, 6.45) is 0.856. The molecule has 2 aromatic rings. The molecule has 0 heterocycles. The van der Waals surface area contributed by atoms with E-state index in [0.717, 1.165) is 29.5 Å². The molecular formula is C21H25F2N3O4S. The van der Waals surface area contributed by atoms with Gasteiger partial charge in [-0.15, -0.1) is 0 Å². The number of nitrogens with zero attached hydrogens (tertiary/aromatic N) is 2. The lowest BCUT2D eigenvalue weighted by Crippen LogP contribution is -2.50. The van der Waals surface area contributed by atoms with Crippen molar-refractivity contribution in [1.82, 2.24) is 10.2 Å². The van der Waals surface area contributed by atoms with Crippen LogP contribution in [-0.4, -0.2) is 51.0 Å². The summed E-state index contributed by atoms with van der Waals surface area (Å²) >= 11 is 0. The highest BCUT2D eigenvalue weighted by Crippen LogP contribution is 2.21. The number of hydrogen-bond acceptors (Lipinski definition) is 4. The number of nitrogens with one attached hydrogen (secondary N) is 1. The molecule has 0 fully saturated rings. The molecular weight excluding hydrogens is 428 g/mol. The van der Waals surface area contributed by atoms with Gasteiger partial charge in [-0.3, -0.25) is 13.9 Å². The Morgan fingerprint density at radius 2 is 1.77 bits per heavy atom. The van der Waals surface area contributed by atoms with Gasteiger partial charge in [-0.05, 0) is 31.5 Å². The number of halogens is 2. The lowest BCUT2D eigenvalue weighted by molar-refractivity contribution is -0.139. The van der Waals surface area contributed by atoms with E-state index in [1.807, 2.05) is 25.1 Å². The first-order chi connectivity index (χ1) is 14.4. The normalized spacial score (nSPS) is 12.2. The van der Waals surface area contributed by atoms with Crippen LogP contribution in [0.4, 0.5) is 14.5 Å². The zero-order chi connectivity index (χ0) is 23.3. The monoisotopic (exact) mass is 453 g/mol. The van der Waals surface area contributed by atoms with E-state index < -0.39 is 46.1 Å². The van der Waals surface area contributed by atoms with Crippen LogP contribution in [0.25, 0.3) is 0 Å². The maximum atomic E-state index is 13.7. The van der Waals surface area contributed by atoms with Gasteiger partial charge in [0.2, 0.25) is 21.8 Å². The Labute approximate surface area is 180 Å². The molecule has 0 radical (unpaired) electrons. The maximum absolute atomic E-state index is 13.7. The lowest BCUT2D eigenvalue weighted by Gasteiger charge is -2.31. The number of likely N-dealkylation sites (N-methyl/N-ethyl adjacent to an activating group) is 1. The summed E-state index contributed by atoms with van der Waals surface area (Å²) < 4.78 is 52.3. The molecule has 0 saturated carbocycles. The van der Waals surface area contributed by atoms with Crippen molar-refractivity contribution in [2.24, 2.45) is 0 Å². The van der Waals surface area contributed by atoms with Crippen LogP contribution in [-0.2, 0) is 26.2 Å². The summed E-state index contributed by atoms with van der Waals surface area (Å²) in [6, 6.07) is 8.98. The first-order valence-corrected chi connectivity index (χ1v) is 11.3. The van der Waals surface area contributed by atoms with Gasteiger partial charge in [0.25, 0.3) is 0 Å². The van der Waals surface area contributed by atoms with Crippen molar-refractivity contribution >= 4 is 27.5 Å². The molecule has 0 aromatic heterocycles. The number of sulfonamides is 1. The smallest absolute Gasteiger partial charge is 0.244 e. The van der Waals surface area contributed by atoms with Crippen molar-refractivity contribution in [3.05, 3.63) is 65.2 Å². The quantitative estimate of drug-likeness (QED) is 0.664. The Morgan fingerprint density at radius 1 is 1.10 bits per heavy atom. The van der Waals surface area contributed by atoms with Crippen LogP contribution in [0.2, 0.25) is 0 Å². The summed E-state index contributed by atoms with van der Waals surface area (Å²) in [4.78, 5) is 26.6. The van der Waals surface area contributed by atoms with Crippen LogP contribution in [0, 0.1) is 18.6 Å². The fourth-order valence-electron chi connectivity index (χ4n) is 3.05. The zero-order valence-electron chi connectivity index (χ0n) is 17.7. The fourth-order valence-corrected chi connectivity index (χ4v) is 3.89. The van der Waals surface area contributed by atoms with E-state index in [-0.39, 0.29) is 12.2 Å². The van der Waals surface area contributed by atoms with Crippen LogP contribution in [0.5, 0.6) is 0 Å². The van der Waals surface area contributed by atoms with Crippen LogP contribution in [0.3, 0.4) is 0 Å². The van der Waals surface area contributed by atoms with Gasteiger partial charge in [-0.25, -0.2) is 17.2 Å². The van der Waals surface area contributed by atoms with Gasteiger partial charge in [-0.1, -0.05) is 29.8 Å². The summed E-state index contributed by atoms with van der Waals surface area (Å²) in [5.74, 6) is -3.49. The first-order valence-electron chi connectivity index (χ1n) is 9.43. The van der Waals surface area contributed by atoms with Crippen LogP contribution < -0.4 is 9.62 Å². The van der Waals surface area contributed by atoms with E-state index in [9.17, 15) is 26.8 Å². The molecule has 0 aliphatic carbocycles. The highest BCUT2D eigenvalue weighted by Gasteiger charge is 2.30. The van der Waals surface area contributed by atoms with E-state index in [2.05, 4.69) is 5.32 Å². The minimum atomic E-state index is -4.01. The summed E-state index contributed by atoms with van der Waals surface area (Å²) in [7, 11) is -2.58. The predicted molar refractivity (Wildman–Crippen MR) is 114 cm³/mol. The SMILES string of the molecule is CNC(=O)[C@H](C)N(Cc1cccc(C)c1)C(=O)CN(c1ccc(F)c(F)c1)S(C)(=O)=O. The average molecular weight is 454 g/mol. The number of hydrogen-bond donors (Lipinski definition) is 1. The maximum Gasteiger partial charge on any atom is 0.244 e. The second-order valence-corrected chi connectivity index (χ2v) is 9.08. The molecule has 1 N–H and O–H groups in total. The first kappa shape index (κ1) is 24.3. The van der Waals surface area contributed by atoms with Crippen molar-refractivity contribution in [2.45, 2.75) is 26.4 Å². The van der Waals surface area contributed by atoms with E-state index in [0.29, 0.717) is 10.4 Å². The second kappa shape index (κ2) is 9.86. The van der Waals surface area contributed by atoms with Gasteiger partial charge in [-0.2, -0.15) is 0 Å². The number of carbonyl (C=O) groups is 2. The van der Waals surface area contributed by atoms with Crippen LogP contribution in [0.1, 0.15) is 18.1 Å². The third-order valence-corrected chi connectivity index (χ3v) is 5.86. The van der Waals surface area contributed by atoms with Crippen LogP contribution >= 0.6 is 0 Å². The van der Waals surface area contributed by atoms with Crippen LogP contribution in [0.15, 0.2) is 42.5 Å². The second-order valence-electron chi connectivity index (χ2n) is 7.17. The van der Waals surface area contributed by atoms with Gasteiger partial charge in [0.05, 0.1) is 11.9 Å². The summed E-state index contributed by atoms with van der Waals surface area (Å²) in [5, 5.41) is 2.47. The third kappa shape index (κ3) is 6.24. The minimum Gasteiger partial charge on any atom is -0.357 e. The molecule has 0 aliphatic rings. The summed E-state index contributed by atoms with van der Waals surface area (Å²) in [5.41, 5.74) is 1.51. The average Bonchev–Trinajstić information content (AvgIpc) is 2.70. The van der Waals surface area contributed by atoms with Gasteiger partial charge in [0.15, 0.2) is 11.6 Å². The Hall–Kier alpha value is -3.01. The number of anilines is 1. The van der Waals surface area contributed by atoms with Crippen molar-refractivity contribution in [3.8, 4) is 0 Å². The molecule has 0 spiro atoms. The van der Waals surface area contributed by atoms with Gasteiger partial charge < -0.3 is 10.2 Å². The molecule has 168 valence electrons. The number of rotatable bonds is 8. The number of benzene rings is 2. The van der Waals surface area contributed by atoms with E-state index in [4.69, 9.17) is 0 Å². The van der Waals surface area contributed by atoms with Crippen molar-refractivity contribution in [1.29, 1.82) is 0 Å². The Balaban J connectivity index is 2.40. The molecule has 0 aliphatic heterocycles. The Bertz CT molecular complexity index is 1080. The van der Waals surface area contributed by atoms with Crippen molar-refractivity contribution < 1.29 is 26.8 Å². The molecule has 2 amide bonds. The third-order valence-electron chi connectivity index (χ3n) is 4.72. The Kier molecular flexibility index (Phi) is 7.72. The molecule has 2 aromatic carbocycles. The molecule has 31 heavy (non-hydrogen) atoms. The van der Waals surface area contributed by atoms with Crippen molar-refractivity contribution in [3.63, 3.8) is 0 Å². The zero-order valence-corrected chi connectivity index (χ0v) is 18.5. The van der Waals surface area contributed by atoms with E-state index in [1.54, 1.807) is 6.07 Å². The topological polar surface area (TPSA) is 86.8 Å². The fraction of sp³-hybridized carbons (Fsp3) is 0.333. The van der Waals surface area contributed by atoms with E-state index >= 15 is 0 Å². The summed E-state index contributed by atoms with van der Waals surface area (Å²) in [6.45, 7) is 2.78. The number of carbonyl (C=O) groups excluding carboxylic acids is 2. The minimum absolute atomic E-state index is 0.0600. The number of amides is 2. The molecule has 0 saturated heterocycles. The largest absolute Gasteiger partial charge is 0.357 e. The van der Waals surface area contributed by atoms with E-state index in [1.165, 1.54) is 18.9 Å². The lowest BCUT2D eigenvalue weighted by atomic mass is 10.1. The number of aryl methyl sites for hydroxylation is 1. The Morgan fingerprint density at radius 3 is 2.32 bits per heavy atom. The molecule has 0 unspecified atom stereocenters. The highest BCUT2D eigenvalue weighted by molar-refractivity contribution is 7.92. The van der Waals surface area contributed by atoms with Crippen molar-refractivity contribution in [2.75, 3.05) is 24.2 Å². The van der Waals surface area contributed by atoms with Gasteiger partial charge in [0.1, 0.15) is 12.6 Å². The molecule has 1 atom stereocenters. The molecule has 2 rings (SSSR count). The van der Waals surface area contributed by atoms with Gasteiger partial charge in [0, 0.05) is 19.7 Å². The molecule has 7 nitrogen and oxygen atoms in total. The molecule has 0 bridgehead atoms. The van der Waals surface area contributed by atoms with Gasteiger partial charge >= 0.3 is 0 Å². The molecule has 10 heteroatoms. The standard InChI is InChI=1S/C21H25F2N3O4S/c1-14-6-5-7-16(10-14)12-25(15(2)21(28)24-3)20(27)13-26(31(4,29)30)17-8-9-18(22)19(23)11-17/h5-11,15H,12-13H2,1-4H3,(H,24,28)/t15-/m0/s1. The predicted octanol–water partition coefficient (Wildman–Crippen LogP) is 2.20.